The molecule has 1 unspecified atom stereocenters. The van der Waals surface area contributed by atoms with Crippen LogP contribution in [0.1, 0.15) is 34.7 Å². The second-order valence-corrected chi connectivity index (χ2v) is 5.23. The molecule has 3 heteroatoms. The summed E-state index contributed by atoms with van der Waals surface area (Å²) in [6, 6.07) is 10.8. The van der Waals surface area contributed by atoms with E-state index in [4.69, 9.17) is 5.73 Å². The van der Waals surface area contributed by atoms with E-state index >= 15 is 0 Å². The van der Waals surface area contributed by atoms with Gasteiger partial charge in [0.25, 0.3) is 0 Å². The Hall–Kier alpha value is -1.74. The number of halogens is 2. The zero-order valence-electron chi connectivity index (χ0n) is 11.8. The van der Waals surface area contributed by atoms with Crippen LogP contribution in [-0.4, -0.2) is 0 Å². The minimum absolute atomic E-state index is 0.251. The maximum absolute atomic E-state index is 13.8. The average Bonchev–Trinajstić information content (AvgIpc) is 2.42. The quantitative estimate of drug-likeness (QED) is 0.888. The Balaban J connectivity index is 2.09. The number of aryl methyl sites for hydroxylation is 3. The van der Waals surface area contributed by atoms with Crippen molar-refractivity contribution in [2.75, 3.05) is 0 Å². The summed E-state index contributed by atoms with van der Waals surface area (Å²) in [7, 11) is 0. The largest absolute Gasteiger partial charge is 0.324 e. The highest BCUT2D eigenvalue weighted by Crippen LogP contribution is 2.23. The molecular formula is C17H19F2N. The van der Waals surface area contributed by atoms with E-state index in [1.165, 1.54) is 5.56 Å². The smallest absolute Gasteiger partial charge is 0.163 e. The van der Waals surface area contributed by atoms with Gasteiger partial charge >= 0.3 is 0 Å². The lowest BCUT2D eigenvalue weighted by atomic mass is 9.97. The SMILES string of the molecule is Cc1cccc(CCC(N)c2ccc(C)c(F)c2F)c1. The lowest BCUT2D eigenvalue weighted by molar-refractivity contribution is 0.479. The molecule has 0 saturated heterocycles. The van der Waals surface area contributed by atoms with Gasteiger partial charge in [0.2, 0.25) is 0 Å². The molecule has 0 spiro atoms. The number of nitrogens with two attached hydrogens (primary N) is 1. The maximum Gasteiger partial charge on any atom is 0.163 e. The summed E-state index contributed by atoms with van der Waals surface area (Å²) in [5, 5.41) is 0. The maximum atomic E-state index is 13.8. The van der Waals surface area contributed by atoms with Crippen molar-refractivity contribution >= 4 is 0 Å². The van der Waals surface area contributed by atoms with Gasteiger partial charge in [-0.1, -0.05) is 42.0 Å². The van der Waals surface area contributed by atoms with Crippen LogP contribution < -0.4 is 5.73 Å². The van der Waals surface area contributed by atoms with Crippen molar-refractivity contribution in [3.8, 4) is 0 Å². The highest BCUT2D eigenvalue weighted by molar-refractivity contribution is 5.28. The van der Waals surface area contributed by atoms with Gasteiger partial charge in [-0.2, -0.15) is 0 Å². The number of benzene rings is 2. The van der Waals surface area contributed by atoms with Gasteiger partial charge in [-0.25, -0.2) is 8.78 Å². The molecule has 0 fully saturated rings. The molecule has 2 aromatic carbocycles. The van der Waals surface area contributed by atoms with Crippen molar-refractivity contribution in [1.29, 1.82) is 0 Å². The van der Waals surface area contributed by atoms with Crippen molar-refractivity contribution in [2.24, 2.45) is 5.73 Å². The number of rotatable bonds is 4. The molecule has 0 bridgehead atoms. The van der Waals surface area contributed by atoms with E-state index in [0.29, 0.717) is 12.0 Å². The third kappa shape index (κ3) is 3.23. The Bertz CT molecular complexity index is 608. The molecule has 0 radical (unpaired) electrons. The molecule has 0 saturated carbocycles. The third-order valence-electron chi connectivity index (χ3n) is 3.53. The molecular weight excluding hydrogens is 256 g/mol. The van der Waals surface area contributed by atoms with E-state index in [1.54, 1.807) is 19.1 Å². The Morgan fingerprint density at radius 2 is 1.80 bits per heavy atom. The monoisotopic (exact) mass is 275 g/mol. The molecule has 20 heavy (non-hydrogen) atoms. The lowest BCUT2D eigenvalue weighted by Gasteiger charge is -2.14. The van der Waals surface area contributed by atoms with Crippen LogP contribution in [-0.2, 0) is 6.42 Å². The molecule has 1 nitrogen and oxygen atoms in total. The minimum atomic E-state index is -0.818. The van der Waals surface area contributed by atoms with Gasteiger partial charge in [0, 0.05) is 11.6 Å². The molecule has 2 N–H and O–H groups in total. The van der Waals surface area contributed by atoms with Crippen LogP contribution in [0.4, 0.5) is 8.78 Å². The van der Waals surface area contributed by atoms with Crippen LogP contribution in [0.25, 0.3) is 0 Å². The molecule has 0 amide bonds. The standard InChI is InChI=1S/C17H19F2N/c1-11-4-3-5-13(10-11)7-9-15(20)14-8-6-12(2)16(18)17(14)19/h3-6,8,10,15H,7,9,20H2,1-2H3. The van der Waals surface area contributed by atoms with Crippen molar-refractivity contribution in [3.05, 3.63) is 70.3 Å². The average molecular weight is 275 g/mol. The molecule has 0 heterocycles. The van der Waals surface area contributed by atoms with Crippen molar-refractivity contribution in [3.63, 3.8) is 0 Å². The predicted octanol–water partition coefficient (Wildman–Crippen LogP) is 4.21. The normalized spacial score (nSPS) is 12.4. The zero-order chi connectivity index (χ0) is 14.7. The molecule has 0 aliphatic rings. The molecule has 0 aliphatic heterocycles. The van der Waals surface area contributed by atoms with Crippen molar-refractivity contribution in [2.45, 2.75) is 32.7 Å². The van der Waals surface area contributed by atoms with E-state index in [1.807, 2.05) is 25.1 Å². The fourth-order valence-electron chi connectivity index (χ4n) is 2.29. The lowest BCUT2D eigenvalue weighted by Crippen LogP contribution is -2.14. The summed E-state index contributed by atoms with van der Waals surface area (Å²) in [4.78, 5) is 0. The number of hydrogen-bond acceptors (Lipinski definition) is 1. The Kier molecular flexibility index (Phi) is 4.50. The fraction of sp³-hybridized carbons (Fsp3) is 0.294. The Labute approximate surface area is 118 Å². The van der Waals surface area contributed by atoms with E-state index in [-0.39, 0.29) is 5.56 Å². The number of hydrogen-bond donors (Lipinski definition) is 1. The van der Waals surface area contributed by atoms with Crippen molar-refractivity contribution < 1.29 is 8.78 Å². The molecule has 1 atom stereocenters. The first kappa shape index (κ1) is 14.7. The van der Waals surface area contributed by atoms with Gasteiger partial charge in [0.1, 0.15) is 0 Å². The van der Waals surface area contributed by atoms with Crippen molar-refractivity contribution in [1.82, 2.24) is 0 Å². The van der Waals surface area contributed by atoms with Crippen LogP contribution in [0.3, 0.4) is 0 Å². The third-order valence-corrected chi connectivity index (χ3v) is 3.53. The summed E-state index contributed by atoms with van der Waals surface area (Å²) >= 11 is 0. The molecule has 2 aromatic rings. The van der Waals surface area contributed by atoms with Gasteiger partial charge in [0.05, 0.1) is 0 Å². The van der Waals surface area contributed by atoms with Crippen LogP contribution >= 0.6 is 0 Å². The summed E-state index contributed by atoms with van der Waals surface area (Å²) in [5.41, 5.74) is 8.89. The summed E-state index contributed by atoms with van der Waals surface area (Å²) in [6.07, 6.45) is 1.33. The highest BCUT2D eigenvalue weighted by atomic mass is 19.2. The molecule has 0 aliphatic carbocycles. The molecule has 2 rings (SSSR count). The first-order valence-electron chi connectivity index (χ1n) is 6.74. The van der Waals surface area contributed by atoms with Gasteiger partial charge in [-0.15, -0.1) is 0 Å². The zero-order valence-corrected chi connectivity index (χ0v) is 11.8. The topological polar surface area (TPSA) is 26.0 Å². The van der Waals surface area contributed by atoms with Crippen LogP contribution in [0, 0.1) is 25.5 Å². The van der Waals surface area contributed by atoms with Gasteiger partial charge < -0.3 is 5.73 Å². The van der Waals surface area contributed by atoms with Crippen LogP contribution in [0.2, 0.25) is 0 Å². The van der Waals surface area contributed by atoms with Crippen LogP contribution in [0.15, 0.2) is 36.4 Å². The molecule has 106 valence electrons. The second kappa shape index (κ2) is 6.14. The summed E-state index contributed by atoms with van der Waals surface area (Å²) in [5.74, 6) is -1.62. The fourth-order valence-corrected chi connectivity index (χ4v) is 2.29. The highest BCUT2D eigenvalue weighted by Gasteiger charge is 2.16. The van der Waals surface area contributed by atoms with Crippen LogP contribution in [0.5, 0.6) is 0 Å². The van der Waals surface area contributed by atoms with E-state index in [2.05, 4.69) is 6.07 Å². The van der Waals surface area contributed by atoms with Gasteiger partial charge in [-0.05, 0) is 37.8 Å². The molecule has 0 aromatic heterocycles. The summed E-state index contributed by atoms with van der Waals surface area (Å²) in [6.45, 7) is 3.57. The Morgan fingerprint density at radius 3 is 2.50 bits per heavy atom. The summed E-state index contributed by atoms with van der Waals surface area (Å²) < 4.78 is 27.4. The van der Waals surface area contributed by atoms with E-state index < -0.39 is 17.7 Å². The first-order chi connectivity index (χ1) is 9.49. The van der Waals surface area contributed by atoms with Gasteiger partial charge in [-0.3, -0.25) is 0 Å². The minimum Gasteiger partial charge on any atom is -0.324 e. The Morgan fingerprint density at radius 1 is 1.05 bits per heavy atom. The first-order valence-corrected chi connectivity index (χ1v) is 6.74. The van der Waals surface area contributed by atoms with Gasteiger partial charge in [0.15, 0.2) is 11.6 Å². The second-order valence-electron chi connectivity index (χ2n) is 5.23. The van der Waals surface area contributed by atoms with E-state index in [9.17, 15) is 8.78 Å². The van der Waals surface area contributed by atoms with E-state index in [0.717, 1.165) is 12.0 Å². The predicted molar refractivity (Wildman–Crippen MR) is 77.5 cm³/mol.